The number of nitrogens with one attached hydrogen (secondary N) is 1. The summed E-state index contributed by atoms with van der Waals surface area (Å²) in [6.07, 6.45) is -2.41. The molecule has 0 amide bonds. The van der Waals surface area contributed by atoms with Crippen LogP contribution in [0.3, 0.4) is 0 Å². The van der Waals surface area contributed by atoms with Crippen LogP contribution in [-0.4, -0.2) is 42.3 Å². The summed E-state index contributed by atoms with van der Waals surface area (Å²) < 4.78 is 38.0. The zero-order valence-corrected chi connectivity index (χ0v) is 11.8. The number of halogens is 3. The van der Waals surface area contributed by atoms with Crippen molar-refractivity contribution in [1.82, 2.24) is 10.2 Å². The number of rotatable bonds is 4. The lowest BCUT2D eigenvalue weighted by atomic mass is 9.88. The van der Waals surface area contributed by atoms with Gasteiger partial charge in [-0.05, 0) is 19.3 Å². The predicted octanol–water partition coefficient (Wildman–Crippen LogP) is 3.04. The Morgan fingerprint density at radius 3 is 2.44 bits per heavy atom. The minimum atomic E-state index is -4.12. The standard InChI is InChI=1S/C13H25F3N2/c1-5-10(3)11-7-18(9-13(14,15)16)12(4,6-2)8-17-11/h10-11,17H,5-9H2,1-4H3. The van der Waals surface area contributed by atoms with Gasteiger partial charge in [-0.25, -0.2) is 0 Å². The van der Waals surface area contributed by atoms with Gasteiger partial charge in [-0.3, -0.25) is 4.90 Å². The molecule has 2 nitrogen and oxygen atoms in total. The Morgan fingerprint density at radius 2 is 2.00 bits per heavy atom. The highest BCUT2D eigenvalue weighted by Crippen LogP contribution is 2.29. The molecule has 0 aromatic rings. The SMILES string of the molecule is CCC(C)C1CN(CC(F)(F)F)C(C)(CC)CN1. The summed E-state index contributed by atoms with van der Waals surface area (Å²) in [5, 5.41) is 3.42. The molecular weight excluding hydrogens is 241 g/mol. The van der Waals surface area contributed by atoms with Crippen molar-refractivity contribution >= 4 is 0 Å². The first-order chi connectivity index (χ1) is 8.22. The van der Waals surface area contributed by atoms with E-state index in [1.165, 1.54) is 0 Å². The largest absolute Gasteiger partial charge is 0.401 e. The third-order valence-electron chi connectivity index (χ3n) is 4.39. The van der Waals surface area contributed by atoms with Crippen molar-refractivity contribution in [1.29, 1.82) is 0 Å². The Bertz CT molecular complexity index is 267. The van der Waals surface area contributed by atoms with E-state index in [2.05, 4.69) is 19.2 Å². The van der Waals surface area contributed by atoms with Gasteiger partial charge in [0.2, 0.25) is 0 Å². The minimum absolute atomic E-state index is 0.164. The normalized spacial score (nSPS) is 32.5. The average Bonchev–Trinajstić information content (AvgIpc) is 2.29. The fourth-order valence-electron chi connectivity index (χ4n) is 2.47. The molecule has 18 heavy (non-hydrogen) atoms. The maximum atomic E-state index is 12.7. The molecular formula is C13H25F3N2. The van der Waals surface area contributed by atoms with E-state index in [0.717, 1.165) is 12.8 Å². The number of hydrogen-bond donors (Lipinski definition) is 1. The van der Waals surface area contributed by atoms with Crippen molar-refractivity contribution in [2.45, 2.75) is 58.3 Å². The van der Waals surface area contributed by atoms with Crippen LogP contribution in [0.4, 0.5) is 13.2 Å². The lowest BCUT2D eigenvalue weighted by Gasteiger charge is -2.49. The fourth-order valence-corrected chi connectivity index (χ4v) is 2.47. The van der Waals surface area contributed by atoms with Crippen LogP contribution in [0.2, 0.25) is 0 Å². The first-order valence-electron chi connectivity index (χ1n) is 6.77. The molecule has 1 aliphatic rings. The maximum Gasteiger partial charge on any atom is 0.401 e. The van der Waals surface area contributed by atoms with Gasteiger partial charge in [-0.2, -0.15) is 13.2 Å². The highest BCUT2D eigenvalue weighted by molar-refractivity contribution is 4.96. The summed E-state index contributed by atoms with van der Waals surface area (Å²) >= 11 is 0. The number of hydrogen-bond acceptors (Lipinski definition) is 2. The number of alkyl halides is 3. The number of nitrogens with zero attached hydrogens (tertiary/aromatic N) is 1. The molecule has 1 aliphatic heterocycles. The van der Waals surface area contributed by atoms with E-state index in [1.54, 1.807) is 4.90 Å². The van der Waals surface area contributed by atoms with E-state index >= 15 is 0 Å². The predicted molar refractivity (Wildman–Crippen MR) is 67.6 cm³/mol. The summed E-state index contributed by atoms with van der Waals surface area (Å²) in [5.41, 5.74) is -0.389. The highest BCUT2D eigenvalue weighted by atomic mass is 19.4. The topological polar surface area (TPSA) is 15.3 Å². The van der Waals surface area contributed by atoms with Gasteiger partial charge in [0.05, 0.1) is 6.54 Å². The van der Waals surface area contributed by atoms with Crippen molar-refractivity contribution < 1.29 is 13.2 Å². The molecule has 0 saturated carbocycles. The van der Waals surface area contributed by atoms with Crippen molar-refractivity contribution in [3.05, 3.63) is 0 Å². The summed E-state index contributed by atoms with van der Waals surface area (Å²) in [5.74, 6) is 0.405. The smallest absolute Gasteiger partial charge is 0.311 e. The van der Waals surface area contributed by atoms with Gasteiger partial charge in [0.25, 0.3) is 0 Å². The summed E-state index contributed by atoms with van der Waals surface area (Å²) in [4.78, 5) is 1.61. The molecule has 0 aliphatic carbocycles. The Morgan fingerprint density at radius 1 is 1.39 bits per heavy atom. The molecule has 1 N–H and O–H groups in total. The Balaban J connectivity index is 2.77. The summed E-state index contributed by atoms with van der Waals surface area (Å²) in [7, 11) is 0. The van der Waals surface area contributed by atoms with Gasteiger partial charge in [0.15, 0.2) is 0 Å². The molecule has 0 radical (unpaired) electrons. The average molecular weight is 266 g/mol. The zero-order valence-electron chi connectivity index (χ0n) is 11.8. The molecule has 1 fully saturated rings. The van der Waals surface area contributed by atoms with Gasteiger partial charge < -0.3 is 5.32 Å². The fraction of sp³-hybridized carbons (Fsp3) is 1.00. The van der Waals surface area contributed by atoms with E-state index in [9.17, 15) is 13.2 Å². The molecule has 0 spiro atoms. The maximum absolute atomic E-state index is 12.7. The second kappa shape index (κ2) is 5.78. The zero-order chi connectivity index (χ0) is 14.0. The van der Waals surface area contributed by atoms with E-state index in [-0.39, 0.29) is 11.6 Å². The monoisotopic (exact) mass is 266 g/mol. The van der Waals surface area contributed by atoms with Crippen LogP contribution < -0.4 is 5.32 Å². The molecule has 0 bridgehead atoms. The molecule has 0 aromatic carbocycles. The highest BCUT2D eigenvalue weighted by Gasteiger charge is 2.43. The van der Waals surface area contributed by atoms with Gasteiger partial charge in [0, 0.05) is 24.7 Å². The second-order valence-electron chi connectivity index (χ2n) is 5.72. The Labute approximate surface area is 108 Å². The minimum Gasteiger partial charge on any atom is -0.311 e. The first-order valence-corrected chi connectivity index (χ1v) is 6.77. The van der Waals surface area contributed by atoms with E-state index < -0.39 is 12.7 Å². The molecule has 1 rings (SSSR count). The second-order valence-corrected chi connectivity index (χ2v) is 5.72. The molecule has 5 heteroatoms. The first kappa shape index (κ1) is 15.8. The molecule has 3 unspecified atom stereocenters. The van der Waals surface area contributed by atoms with E-state index in [4.69, 9.17) is 0 Å². The van der Waals surface area contributed by atoms with Crippen LogP contribution in [0, 0.1) is 5.92 Å². The lowest BCUT2D eigenvalue weighted by molar-refractivity contribution is -0.164. The van der Waals surface area contributed by atoms with Crippen molar-refractivity contribution in [3.63, 3.8) is 0 Å². The van der Waals surface area contributed by atoms with Gasteiger partial charge in [-0.1, -0.05) is 27.2 Å². The van der Waals surface area contributed by atoms with Crippen molar-refractivity contribution in [2.24, 2.45) is 5.92 Å². The van der Waals surface area contributed by atoms with Gasteiger partial charge in [0.1, 0.15) is 0 Å². The lowest BCUT2D eigenvalue weighted by Crippen LogP contribution is -2.65. The molecule has 108 valence electrons. The number of piperazine rings is 1. The van der Waals surface area contributed by atoms with Gasteiger partial charge in [-0.15, -0.1) is 0 Å². The van der Waals surface area contributed by atoms with Crippen LogP contribution >= 0.6 is 0 Å². The molecule has 1 heterocycles. The molecule has 0 aromatic heterocycles. The van der Waals surface area contributed by atoms with E-state index in [1.807, 2.05) is 13.8 Å². The van der Waals surface area contributed by atoms with Crippen molar-refractivity contribution in [3.8, 4) is 0 Å². The quantitative estimate of drug-likeness (QED) is 0.841. The summed E-state index contributed by atoms with van der Waals surface area (Å²) in [6, 6.07) is 0.164. The Hall–Kier alpha value is -0.290. The van der Waals surface area contributed by atoms with E-state index in [0.29, 0.717) is 19.0 Å². The van der Waals surface area contributed by atoms with Crippen LogP contribution in [0.25, 0.3) is 0 Å². The van der Waals surface area contributed by atoms with Crippen molar-refractivity contribution in [2.75, 3.05) is 19.6 Å². The Kier molecular flexibility index (Phi) is 5.06. The van der Waals surface area contributed by atoms with Gasteiger partial charge >= 0.3 is 6.18 Å². The third-order valence-corrected chi connectivity index (χ3v) is 4.39. The third kappa shape index (κ3) is 3.85. The van der Waals surface area contributed by atoms with Crippen LogP contribution in [0.15, 0.2) is 0 Å². The molecule has 1 saturated heterocycles. The van der Waals surface area contributed by atoms with Crippen LogP contribution in [0.5, 0.6) is 0 Å². The van der Waals surface area contributed by atoms with Crippen LogP contribution in [-0.2, 0) is 0 Å². The molecule has 3 atom stereocenters. The van der Waals surface area contributed by atoms with Crippen LogP contribution in [0.1, 0.15) is 40.5 Å². The summed E-state index contributed by atoms with van der Waals surface area (Å²) in [6.45, 7) is 8.36.